The lowest BCUT2D eigenvalue weighted by Crippen LogP contribution is -2.19. The normalized spacial score (nSPS) is 12.0. The molecule has 0 aliphatic heterocycles. The van der Waals surface area contributed by atoms with Crippen LogP contribution < -0.4 is 10.3 Å². The summed E-state index contributed by atoms with van der Waals surface area (Å²) in [4.78, 5) is 19.3. The highest BCUT2D eigenvalue weighted by molar-refractivity contribution is 7.90. The molecule has 170 valence electrons. The zero-order chi connectivity index (χ0) is 23.5. The highest BCUT2D eigenvalue weighted by Crippen LogP contribution is 2.30. The number of ether oxygens (including phenoxy) is 1. The van der Waals surface area contributed by atoms with Gasteiger partial charge in [-0.3, -0.25) is 4.79 Å². The van der Waals surface area contributed by atoms with E-state index >= 15 is 0 Å². The first kappa shape index (κ1) is 23.5. The van der Waals surface area contributed by atoms with E-state index in [2.05, 4.69) is 9.97 Å². The number of rotatable bonds is 7. The molecular weight excluding hydrogens is 447 g/mol. The van der Waals surface area contributed by atoms with Gasteiger partial charge in [-0.2, -0.15) is 13.2 Å². The number of alkyl halides is 3. The van der Waals surface area contributed by atoms with Crippen molar-refractivity contribution in [3.63, 3.8) is 0 Å². The Bertz CT molecular complexity index is 1290. The summed E-state index contributed by atoms with van der Waals surface area (Å²) in [6.07, 6.45) is -1.98. The Hall–Kier alpha value is -3.21. The third-order valence-electron chi connectivity index (χ3n) is 4.33. The molecule has 2 heterocycles. The highest BCUT2D eigenvalue weighted by Gasteiger charge is 2.35. The molecular formula is C21H20F3N3O4S. The molecule has 3 aromatic rings. The average Bonchev–Trinajstić information content (AvgIpc) is 2.72. The molecule has 0 saturated carbocycles. The lowest BCUT2D eigenvalue weighted by Gasteiger charge is -2.12. The van der Waals surface area contributed by atoms with Crippen LogP contribution >= 0.6 is 0 Å². The maximum absolute atomic E-state index is 13.3. The van der Waals surface area contributed by atoms with E-state index in [1.165, 1.54) is 22.9 Å². The smallest absolute Gasteiger partial charge is 0.433 e. The van der Waals surface area contributed by atoms with E-state index in [0.29, 0.717) is 18.4 Å². The zero-order valence-electron chi connectivity index (χ0n) is 17.3. The molecule has 0 bridgehead atoms. The molecule has 32 heavy (non-hydrogen) atoms. The summed E-state index contributed by atoms with van der Waals surface area (Å²) in [6.45, 7) is 2.64. The van der Waals surface area contributed by atoms with Gasteiger partial charge in [0.25, 0.3) is 5.56 Å². The Labute approximate surface area is 182 Å². The number of sulfone groups is 1. The molecule has 0 radical (unpaired) electrons. The fraction of sp³-hybridized carbons (Fsp3) is 0.286. The van der Waals surface area contributed by atoms with Crippen molar-refractivity contribution in [2.75, 3.05) is 12.9 Å². The van der Waals surface area contributed by atoms with Crippen molar-refractivity contribution in [1.82, 2.24) is 14.5 Å². The van der Waals surface area contributed by atoms with Crippen LogP contribution in [-0.2, 0) is 22.6 Å². The molecule has 0 aliphatic rings. The van der Waals surface area contributed by atoms with Crippen molar-refractivity contribution >= 4 is 9.84 Å². The average molecular weight is 467 g/mol. The monoisotopic (exact) mass is 467 g/mol. The van der Waals surface area contributed by atoms with E-state index in [1.807, 2.05) is 6.92 Å². The second-order valence-electron chi connectivity index (χ2n) is 7.07. The minimum Gasteiger partial charge on any atom is -0.494 e. The van der Waals surface area contributed by atoms with Crippen LogP contribution in [0.3, 0.4) is 0 Å². The molecule has 0 fully saturated rings. The number of benzene rings is 1. The zero-order valence-corrected chi connectivity index (χ0v) is 18.1. The molecule has 0 saturated heterocycles. The largest absolute Gasteiger partial charge is 0.494 e. The van der Waals surface area contributed by atoms with Crippen LogP contribution in [0.25, 0.3) is 11.3 Å². The summed E-state index contributed by atoms with van der Waals surface area (Å²) in [5.41, 5.74) is -1.15. The Morgan fingerprint density at radius 3 is 2.50 bits per heavy atom. The minimum absolute atomic E-state index is 0.131. The minimum atomic E-state index is -4.87. The van der Waals surface area contributed by atoms with Gasteiger partial charge in [-0.25, -0.2) is 18.4 Å². The number of nitrogens with zero attached hydrogens (tertiary/aromatic N) is 3. The van der Waals surface area contributed by atoms with Crippen molar-refractivity contribution in [3.8, 4) is 17.0 Å². The quantitative estimate of drug-likeness (QED) is 0.494. The Morgan fingerprint density at radius 2 is 1.84 bits per heavy atom. The number of halogens is 3. The molecule has 0 amide bonds. The maximum Gasteiger partial charge on any atom is 0.433 e. The van der Waals surface area contributed by atoms with Crippen molar-refractivity contribution < 1.29 is 26.3 Å². The molecule has 0 spiro atoms. The summed E-state index contributed by atoms with van der Waals surface area (Å²) < 4.78 is 70.3. The van der Waals surface area contributed by atoms with Crippen LogP contribution in [0.5, 0.6) is 5.75 Å². The second kappa shape index (κ2) is 9.11. The van der Waals surface area contributed by atoms with Gasteiger partial charge in [0.1, 0.15) is 11.4 Å². The summed E-state index contributed by atoms with van der Waals surface area (Å²) in [7, 11) is -4.10. The van der Waals surface area contributed by atoms with Crippen LogP contribution in [0.1, 0.15) is 24.6 Å². The van der Waals surface area contributed by atoms with E-state index in [-0.39, 0.29) is 23.4 Å². The number of hydrogen-bond donors (Lipinski definition) is 0. The molecule has 2 aromatic heterocycles. The summed E-state index contributed by atoms with van der Waals surface area (Å²) in [5.74, 6) is 0.636. The first-order valence-electron chi connectivity index (χ1n) is 9.56. The lowest BCUT2D eigenvalue weighted by atomic mass is 10.1. The Kier molecular flexibility index (Phi) is 6.68. The predicted molar refractivity (Wildman–Crippen MR) is 111 cm³/mol. The Balaban J connectivity index is 2.03. The number of aromatic nitrogens is 3. The molecule has 0 unspecified atom stereocenters. The molecule has 7 nitrogen and oxygen atoms in total. The van der Waals surface area contributed by atoms with Crippen molar-refractivity contribution in [3.05, 3.63) is 70.3 Å². The number of pyridine rings is 1. The highest BCUT2D eigenvalue weighted by atomic mass is 32.2. The standard InChI is InChI=1S/C21H20F3N3O4S/c1-3-9-31-16-6-4-5-14(10-16)12-27-13-15(7-8-19(27)28)17-11-18(21(22,23)24)26-20(25-17)32(2,29)30/h4-8,10-11,13H,3,9,12H2,1-2H3. The van der Waals surface area contributed by atoms with Gasteiger partial charge >= 0.3 is 6.18 Å². The van der Waals surface area contributed by atoms with E-state index in [0.717, 1.165) is 18.2 Å². The predicted octanol–water partition coefficient (Wildman–Crippen LogP) is 3.56. The molecule has 0 aliphatic carbocycles. The number of hydrogen-bond acceptors (Lipinski definition) is 6. The van der Waals surface area contributed by atoms with Crippen LogP contribution in [0.4, 0.5) is 13.2 Å². The summed E-state index contributed by atoms with van der Waals surface area (Å²) in [5, 5.41) is -0.944. The van der Waals surface area contributed by atoms with Gasteiger partial charge in [-0.05, 0) is 36.2 Å². The van der Waals surface area contributed by atoms with Gasteiger partial charge in [0.2, 0.25) is 15.0 Å². The van der Waals surface area contributed by atoms with Crippen molar-refractivity contribution in [2.45, 2.75) is 31.2 Å². The first-order valence-corrected chi connectivity index (χ1v) is 11.5. The molecule has 0 N–H and O–H groups in total. The van der Waals surface area contributed by atoms with Crippen molar-refractivity contribution in [2.24, 2.45) is 0 Å². The lowest BCUT2D eigenvalue weighted by molar-refractivity contribution is -0.141. The van der Waals surface area contributed by atoms with Gasteiger partial charge < -0.3 is 9.30 Å². The van der Waals surface area contributed by atoms with Gasteiger partial charge in [0, 0.05) is 24.1 Å². The molecule has 0 atom stereocenters. The maximum atomic E-state index is 13.3. The second-order valence-corrected chi connectivity index (χ2v) is 8.98. The molecule has 11 heteroatoms. The van der Waals surface area contributed by atoms with E-state index in [1.54, 1.807) is 24.3 Å². The van der Waals surface area contributed by atoms with Gasteiger partial charge in [0.05, 0.1) is 18.8 Å². The summed E-state index contributed by atoms with van der Waals surface area (Å²) >= 11 is 0. The van der Waals surface area contributed by atoms with Crippen LogP contribution in [0, 0.1) is 0 Å². The third-order valence-corrected chi connectivity index (χ3v) is 5.18. The third kappa shape index (κ3) is 5.72. The Morgan fingerprint density at radius 1 is 1.09 bits per heavy atom. The fourth-order valence-electron chi connectivity index (χ4n) is 2.84. The van der Waals surface area contributed by atoms with Gasteiger partial charge in [-0.15, -0.1) is 0 Å². The van der Waals surface area contributed by atoms with E-state index in [4.69, 9.17) is 4.74 Å². The summed E-state index contributed by atoms with van der Waals surface area (Å²) in [6, 6.07) is 10.2. The fourth-order valence-corrected chi connectivity index (χ4v) is 3.37. The van der Waals surface area contributed by atoms with E-state index < -0.39 is 26.9 Å². The molecule has 3 rings (SSSR count). The van der Waals surface area contributed by atoms with Crippen LogP contribution in [0.2, 0.25) is 0 Å². The SMILES string of the molecule is CCCOc1cccc(Cn2cc(-c3cc(C(F)(F)F)nc(S(C)(=O)=O)n3)ccc2=O)c1. The van der Waals surface area contributed by atoms with E-state index in [9.17, 15) is 26.4 Å². The van der Waals surface area contributed by atoms with Crippen LogP contribution in [0.15, 0.2) is 58.6 Å². The van der Waals surface area contributed by atoms with Crippen molar-refractivity contribution in [1.29, 1.82) is 0 Å². The molecule has 1 aromatic carbocycles. The topological polar surface area (TPSA) is 91.2 Å². The van der Waals surface area contributed by atoms with Gasteiger partial charge in [0.15, 0.2) is 0 Å². The van der Waals surface area contributed by atoms with Crippen LogP contribution in [-0.4, -0.2) is 35.8 Å². The van der Waals surface area contributed by atoms with Gasteiger partial charge in [-0.1, -0.05) is 19.1 Å². The first-order chi connectivity index (χ1) is 15.0.